The number of carbonyl (C=O) groups excluding carboxylic acids is 1. The summed E-state index contributed by atoms with van der Waals surface area (Å²) >= 11 is 0. The number of hydrogen-bond donors (Lipinski definition) is 1. The molecule has 1 aliphatic carbocycles. The monoisotopic (exact) mass is 299 g/mol. The number of methoxy groups -OCH3 is 1. The molecule has 1 rings (SSSR count). The lowest BCUT2D eigenvalue weighted by Gasteiger charge is -2.37. The summed E-state index contributed by atoms with van der Waals surface area (Å²) in [7, 11) is 5.69. The van der Waals surface area contributed by atoms with Gasteiger partial charge in [-0.05, 0) is 65.5 Å². The standard InChI is InChI=1S/C16H33N3O2/c1-6-17-16(14-9-10-14,15(20)21-5)13-19(7-2)12-8-11-18(3)4/h14,17H,6-13H2,1-5H3. The predicted octanol–water partition coefficient (Wildman–Crippen LogP) is 1.19. The maximum Gasteiger partial charge on any atom is 0.327 e. The van der Waals surface area contributed by atoms with E-state index in [0.717, 1.165) is 52.0 Å². The van der Waals surface area contributed by atoms with E-state index in [9.17, 15) is 4.79 Å². The molecule has 21 heavy (non-hydrogen) atoms. The molecule has 0 spiro atoms. The van der Waals surface area contributed by atoms with Crippen molar-refractivity contribution in [3.8, 4) is 0 Å². The molecule has 124 valence electrons. The van der Waals surface area contributed by atoms with Crippen LogP contribution in [0.1, 0.15) is 33.1 Å². The van der Waals surface area contributed by atoms with Gasteiger partial charge in [0, 0.05) is 6.54 Å². The average molecular weight is 299 g/mol. The zero-order chi connectivity index (χ0) is 15.9. The number of carbonyl (C=O) groups is 1. The van der Waals surface area contributed by atoms with Crippen LogP contribution in [-0.4, -0.2) is 75.2 Å². The first-order chi connectivity index (χ1) is 10.00. The highest BCUT2D eigenvalue weighted by molar-refractivity contribution is 5.82. The first-order valence-electron chi connectivity index (χ1n) is 8.20. The second-order valence-electron chi connectivity index (χ2n) is 6.29. The van der Waals surface area contributed by atoms with Gasteiger partial charge in [-0.2, -0.15) is 0 Å². The zero-order valence-electron chi connectivity index (χ0n) is 14.4. The van der Waals surface area contributed by atoms with Crippen molar-refractivity contribution < 1.29 is 9.53 Å². The lowest BCUT2D eigenvalue weighted by atomic mass is 9.92. The van der Waals surface area contributed by atoms with Crippen LogP contribution in [0, 0.1) is 5.92 Å². The fourth-order valence-corrected chi connectivity index (χ4v) is 3.02. The molecule has 0 aromatic heterocycles. The van der Waals surface area contributed by atoms with Crippen molar-refractivity contribution in [3.05, 3.63) is 0 Å². The summed E-state index contributed by atoms with van der Waals surface area (Å²) in [6, 6.07) is 0. The van der Waals surface area contributed by atoms with Gasteiger partial charge in [0.05, 0.1) is 7.11 Å². The van der Waals surface area contributed by atoms with Gasteiger partial charge in [0.15, 0.2) is 0 Å². The summed E-state index contributed by atoms with van der Waals surface area (Å²) in [4.78, 5) is 17.0. The Balaban J connectivity index is 2.70. The zero-order valence-corrected chi connectivity index (χ0v) is 14.4. The number of esters is 1. The predicted molar refractivity (Wildman–Crippen MR) is 86.4 cm³/mol. The first-order valence-corrected chi connectivity index (χ1v) is 8.20. The van der Waals surface area contributed by atoms with Gasteiger partial charge in [0.2, 0.25) is 0 Å². The topological polar surface area (TPSA) is 44.8 Å². The van der Waals surface area contributed by atoms with Crippen LogP contribution in [0.2, 0.25) is 0 Å². The molecule has 1 fully saturated rings. The molecule has 5 nitrogen and oxygen atoms in total. The lowest BCUT2D eigenvalue weighted by molar-refractivity contribution is -0.150. The molecule has 1 unspecified atom stereocenters. The van der Waals surface area contributed by atoms with Crippen LogP contribution < -0.4 is 5.32 Å². The summed E-state index contributed by atoms with van der Waals surface area (Å²) in [6.45, 7) is 8.82. The van der Waals surface area contributed by atoms with Crippen molar-refractivity contribution in [2.75, 3.05) is 53.9 Å². The molecule has 1 aliphatic rings. The fourth-order valence-electron chi connectivity index (χ4n) is 3.02. The summed E-state index contributed by atoms with van der Waals surface area (Å²) in [5, 5.41) is 3.45. The molecular formula is C16H33N3O2. The van der Waals surface area contributed by atoms with Crippen LogP contribution in [0.4, 0.5) is 0 Å². The molecule has 0 heterocycles. The number of rotatable bonds is 11. The maximum absolute atomic E-state index is 12.4. The van der Waals surface area contributed by atoms with Crippen molar-refractivity contribution in [2.45, 2.75) is 38.6 Å². The quantitative estimate of drug-likeness (QED) is 0.581. The highest BCUT2D eigenvalue weighted by atomic mass is 16.5. The normalized spacial score (nSPS) is 18.0. The molecule has 0 saturated heterocycles. The Morgan fingerprint density at radius 2 is 1.95 bits per heavy atom. The molecule has 0 bridgehead atoms. The molecule has 1 N–H and O–H groups in total. The molecule has 1 atom stereocenters. The summed E-state index contributed by atoms with van der Waals surface area (Å²) in [6.07, 6.45) is 3.36. The third-order valence-electron chi connectivity index (χ3n) is 4.32. The summed E-state index contributed by atoms with van der Waals surface area (Å²) in [5.74, 6) is 0.325. The van der Waals surface area contributed by atoms with E-state index in [1.165, 1.54) is 7.11 Å². The lowest BCUT2D eigenvalue weighted by Crippen LogP contribution is -2.61. The largest absolute Gasteiger partial charge is 0.468 e. The van der Waals surface area contributed by atoms with E-state index in [4.69, 9.17) is 4.74 Å². The van der Waals surface area contributed by atoms with Crippen molar-refractivity contribution in [3.63, 3.8) is 0 Å². The van der Waals surface area contributed by atoms with Crippen LogP contribution in [-0.2, 0) is 9.53 Å². The summed E-state index contributed by atoms with van der Waals surface area (Å²) in [5.41, 5.74) is -0.516. The number of nitrogens with one attached hydrogen (secondary N) is 1. The second-order valence-corrected chi connectivity index (χ2v) is 6.29. The molecular weight excluding hydrogens is 266 g/mol. The Bertz CT molecular complexity index is 319. The van der Waals surface area contributed by atoms with Crippen LogP contribution >= 0.6 is 0 Å². The SMILES string of the molecule is CCNC(CN(CC)CCCN(C)C)(C(=O)OC)C1CC1. The molecule has 1 saturated carbocycles. The minimum Gasteiger partial charge on any atom is -0.468 e. The van der Waals surface area contributed by atoms with E-state index in [2.05, 4.69) is 43.1 Å². The van der Waals surface area contributed by atoms with E-state index in [0.29, 0.717) is 5.92 Å². The van der Waals surface area contributed by atoms with Gasteiger partial charge in [0.25, 0.3) is 0 Å². The van der Waals surface area contributed by atoms with E-state index in [1.54, 1.807) is 0 Å². The summed E-state index contributed by atoms with van der Waals surface area (Å²) < 4.78 is 5.12. The van der Waals surface area contributed by atoms with Gasteiger partial charge in [-0.25, -0.2) is 4.79 Å². The number of ether oxygens (including phenoxy) is 1. The Hall–Kier alpha value is -0.650. The fraction of sp³-hybridized carbons (Fsp3) is 0.938. The average Bonchev–Trinajstić information content (AvgIpc) is 3.28. The van der Waals surface area contributed by atoms with Crippen LogP contribution in [0.3, 0.4) is 0 Å². The van der Waals surface area contributed by atoms with Crippen LogP contribution in [0.25, 0.3) is 0 Å². The second kappa shape index (κ2) is 8.71. The van der Waals surface area contributed by atoms with Crippen LogP contribution in [0.5, 0.6) is 0 Å². The molecule has 0 radical (unpaired) electrons. The third-order valence-corrected chi connectivity index (χ3v) is 4.32. The van der Waals surface area contributed by atoms with Gasteiger partial charge in [0.1, 0.15) is 5.54 Å². The van der Waals surface area contributed by atoms with Crippen molar-refractivity contribution in [1.29, 1.82) is 0 Å². The number of nitrogens with zero attached hydrogens (tertiary/aromatic N) is 2. The molecule has 0 aliphatic heterocycles. The number of hydrogen-bond acceptors (Lipinski definition) is 5. The number of likely N-dealkylation sites (N-methyl/N-ethyl adjacent to an activating group) is 2. The Morgan fingerprint density at radius 3 is 2.38 bits per heavy atom. The minimum absolute atomic E-state index is 0.0992. The maximum atomic E-state index is 12.4. The van der Waals surface area contributed by atoms with Crippen molar-refractivity contribution in [1.82, 2.24) is 15.1 Å². The highest BCUT2D eigenvalue weighted by Gasteiger charge is 2.52. The Kier molecular flexibility index (Phi) is 7.63. The Morgan fingerprint density at radius 1 is 1.29 bits per heavy atom. The van der Waals surface area contributed by atoms with E-state index < -0.39 is 5.54 Å². The Labute approximate surface area is 130 Å². The molecule has 0 aromatic carbocycles. The first kappa shape index (κ1) is 18.4. The van der Waals surface area contributed by atoms with Gasteiger partial charge < -0.3 is 19.9 Å². The smallest absolute Gasteiger partial charge is 0.327 e. The van der Waals surface area contributed by atoms with Gasteiger partial charge in [-0.3, -0.25) is 0 Å². The molecule has 0 amide bonds. The molecule has 0 aromatic rings. The molecule has 5 heteroatoms. The van der Waals surface area contributed by atoms with Crippen LogP contribution in [0.15, 0.2) is 0 Å². The van der Waals surface area contributed by atoms with E-state index in [-0.39, 0.29) is 5.97 Å². The van der Waals surface area contributed by atoms with Gasteiger partial charge >= 0.3 is 5.97 Å². The van der Waals surface area contributed by atoms with Gasteiger partial charge in [-0.1, -0.05) is 13.8 Å². The highest BCUT2D eigenvalue weighted by Crippen LogP contribution is 2.41. The van der Waals surface area contributed by atoms with E-state index in [1.807, 2.05) is 0 Å². The minimum atomic E-state index is -0.516. The van der Waals surface area contributed by atoms with Crippen molar-refractivity contribution in [2.24, 2.45) is 5.92 Å². The third kappa shape index (κ3) is 5.24. The van der Waals surface area contributed by atoms with Gasteiger partial charge in [-0.15, -0.1) is 0 Å². The van der Waals surface area contributed by atoms with Crippen molar-refractivity contribution >= 4 is 5.97 Å². The van der Waals surface area contributed by atoms with E-state index >= 15 is 0 Å².